The lowest BCUT2D eigenvalue weighted by Gasteiger charge is -2.23. The lowest BCUT2D eigenvalue weighted by Crippen LogP contribution is -2.24. The fraction of sp³-hybridized carbons (Fsp3) is 0.455. The zero-order valence-corrected chi connectivity index (χ0v) is 9.64. The van der Waals surface area contributed by atoms with Crippen LogP contribution < -0.4 is 0 Å². The third kappa shape index (κ3) is 1.35. The van der Waals surface area contributed by atoms with Crippen molar-refractivity contribution < 1.29 is 13.9 Å². The summed E-state index contributed by atoms with van der Waals surface area (Å²) in [7, 11) is 0. The van der Waals surface area contributed by atoms with Gasteiger partial charge in [-0.25, -0.2) is 4.39 Å². The number of benzene rings is 1. The van der Waals surface area contributed by atoms with Gasteiger partial charge in [-0.1, -0.05) is 15.9 Å². The van der Waals surface area contributed by atoms with Gasteiger partial charge in [0.2, 0.25) is 0 Å². The van der Waals surface area contributed by atoms with Crippen LogP contribution in [0.15, 0.2) is 16.6 Å². The minimum Gasteiger partial charge on any atom is -0.343 e. The average Bonchev–Trinajstić information content (AvgIpc) is 2.76. The summed E-state index contributed by atoms with van der Waals surface area (Å²) in [4.78, 5) is 0. The van der Waals surface area contributed by atoms with E-state index in [1.165, 1.54) is 6.07 Å². The summed E-state index contributed by atoms with van der Waals surface area (Å²) >= 11 is 3.38. The van der Waals surface area contributed by atoms with Gasteiger partial charge >= 0.3 is 0 Å². The Labute approximate surface area is 95.5 Å². The molecule has 80 valence electrons. The van der Waals surface area contributed by atoms with E-state index in [1.54, 1.807) is 6.07 Å². The molecule has 0 radical (unpaired) electrons. The highest BCUT2D eigenvalue weighted by Crippen LogP contribution is 2.46. The van der Waals surface area contributed by atoms with Crippen molar-refractivity contribution in [2.45, 2.75) is 18.6 Å². The van der Waals surface area contributed by atoms with Crippen LogP contribution in [0.3, 0.4) is 0 Å². The number of hydrogen-bond donors (Lipinski definition) is 0. The van der Waals surface area contributed by atoms with Gasteiger partial charge in [-0.3, -0.25) is 0 Å². The van der Waals surface area contributed by atoms with Crippen LogP contribution in [0.1, 0.15) is 17.5 Å². The first-order chi connectivity index (χ1) is 7.21. The van der Waals surface area contributed by atoms with Gasteiger partial charge in [0.1, 0.15) is 5.82 Å². The van der Waals surface area contributed by atoms with E-state index in [-0.39, 0.29) is 5.82 Å². The maximum atomic E-state index is 13.2. The molecule has 0 N–H and O–H groups in total. The minimum atomic E-state index is -0.609. The minimum absolute atomic E-state index is 0.212. The van der Waals surface area contributed by atoms with Crippen molar-refractivity contribution in [3.63, 3.8) is 0 Å². The zero-order valence-electron chi connectivity index (χ0n) is 8.06. The molecule has 3 rings (SSSR count). The van der Waals surface area contributed by atoms with Gasteiger partial charge < -0.3 is 9.47 Å². The predicted octanol–water partition coefficient (Wildman–Crippen LogP) is 2.73. The lowest BCUT2D eigenvalue weighted by molar-refractivity contribution is -0.163. The highest BCUT2D eigenvalue weighted by atomic mass is 79.9. The zero-order chi connectivity index (χ0) is 10.5. The molecule has 0 saturated carbocycles. The predicted molar refractivity (Wildman–Crippen MR) is 56.0 cm³/mol. The molecule has 0 aromatic heterocycles. The average molecular weight is 273 g/mol. The van der Waals surface area contributed by atoms with E-state index in [0.717, 1.165) is 28.4 Å². The molecule has 2 aliphatic rings. The van der Waals surface area contributed by atoms with E-state index in [0.29, 0.717) is 13.2 Å². The molecule has 1 aromatic carbocycles. The summed E-state index contributed by atoms with van der Waals surface area (Å²) < 4.78 is 25.3. The summed E-state index contributed by atoms with van der Waals surface area (Å²) in [5, 5.41) is 0. The molecule has 1 fully saturated rings. The molecule has 0 amide bonds. The summed E-state index contributed by atoms with van der Waals surface area (Å²) in [6.07, 6.45) is 1.59. The normalized spacial score (nSPS) is 22.3. The van der Waals surface area contributed by atoms with Gasteiger partial charge in [0.25, 0.3) is 0 Å². The summed E-state index contributed by atoms with van der Waals surface area (Å²) in [5.74, 6) is -0.822. The summed E-state index contributed by atoms with van der Waals surface area (Å²) in [5.41, 5.74) is 1.96. The van der Waals surface area contributed by atoms with Crippen LogP contribution in [-0.4, -0.2) is 13.2 Å². The quantitative estimate of drug-likeness (QED) is 0.723. The van der Waals surface area contributed by atoms with Gasteiger partial charge in [-0.15, -0.1) is 0 Å². The first-order valence-electron chi connectivity index (χ1n) is 4.98. The van der Waals surface area contributed by atoms with Crippen LogP contribution in [0.2, 0.25) is 0 Å². The largest absolute Gasteiger partial charge is 0.343 e. The molecule has 1 aromatic rings. The van der Waals surface area contributed by atoms with Gasteiger partial charge in [0.05, 0.1) is 13.2 Å². The first kappa shape index (κ1) is 9.75. The van der Waals surface area contributed by atoms with Gasteiger partial charge in [-0.05, 0) is 24.1 Å². The van der Waals surface area contributed by atoms with E-state index in [4.69, 9.17) is 9.47 Å². The topological polar surface area (TPSA) is 18.5 Å². The molecule has 1 saturated heterocycles. The second-order valence-corrected chi connectivity index (χ2v) is 4.73. The molecule has 1 spiro atoms. The van der Waals surface area contributed by atoms with Gasteiger partial charge in [0.15, 0.2) is 5.79 Å². The van der Waals surface area contributed by atoms with Crippen molar-refractivity contribution in [2.75, 3.05) is 13.2 Å². The number of fused-ring (bicyclic) bond motifs is 2. The highest BCUT2D eigenvalue weighted by molar-refractivity contribution is 9.10. The number of aryl methyl sites for hydroxylation is 1. The second-order valence-electron chi connectivity index (χ2n) is 3.87. The van der Waals surface area contributed by atoms with Crippen molar-refractivity contribution in [3.8, 4) is 0 Å². The maximum absolute atomic E-state index is 13.2. The monoisotopic (exact) mass is 272 g/mol. The molecule has 1 aliphatic carbocycles. The van der Waals surface area contributed by atoms with Crippen molar-refractivity contribution in [3.05, 3.63) is 33.5 Å². The Morgan fingerprint density at radius 2 is 2.00 bits per heavy atom. The van der Waals surface area contributed by atoms with E-state index < -0.39 is 5.79 Å². The van der Waals surface area contributed by atoms with Crippen molar-refractivity contribution >= 4 is 15.9 Å². The van der Waals surface area contributed by atoms with Crippen LogP contribution in [0.5, 0.6) is 0 Å². The van der Waals surface area contributed by atoms with E-state index in [2.05, 4.69) is 15.9 Å². The SMILES string of the molecule is Fc1cc(Br)c2c(c1)CCC21OCCO1. The molecule has 0 bridgehead atoms. The smallest absolute Gasteiger partial charge is 0.196 e. The van der Waals surface area contributed by atoms with Gasteiger partial charge in [-0.2, -0.15) is 0 Å². The molecule has 1 heterocycles. The molecule has 1 aliphatic heterocycles. The number of hydrogen-bond acceptors (Lipinski definition) is 2. The Kier molecular flexibility index (Phi) is 2.13. The third-order valence-electron chi connectivity index (χ3n) is 2.99. The van der Waals surface area contributed by atoms with Crippen LogP contribution in [-0.2, 0) is 21.7 Å². The molecule has 0 unspecified atom stereocenters. The Morgan fingerprint density at radius 1 is 1.27 bits per heavy atom. The standard InChI is InChI=1S/C11H10BrFO2/c12-9-6-8(13)5-7-1-2-11(10(7)9)14-3-4-15-11/h5-6H,1-4H2. The van der Waals surface area contributed by atoms with E-state index in [1.807, 2.05) is 0 Å². The van der Waals surface area contributed by atoms with Crippen molar-refractivity contribution in [1.82, 2.24) is 0 Å². The number of halogens is 2. The highest BCUT2D eigenvalue weighted by Gasteiger charge is 2.45. The number of rotatable bonds is 0. The van der Waals surface area contributed by atoms with E-state index >= 15 is 0 Å². The third-order valence-corrected chi connectivity index (χ3v) is 3.62. The molecular weight excluding hydrogens is 263 g/mol. The Bertz CT molecular complexity index is 413. The fourth-order valence-electron chi connectivity index (χ4n) is 2.42. The lowest BCUT2D eigenvalue weighted by atomic mass is 10.1. The maximum Gasteiger partial charge on any atom is 0.196 e. The van der Waals surface area contributed by atoms with Crippen LogP contribution in [0.25, 0.3) is 0 Å². The van der Waals surface area contributed by atoms with Crippen LogP contribution >= 0.6 is 15.9 Å². The summed E-state index contributed by atoms with van der Waals surface area (Å²) in [6.45, 7) is 1.23. The van der Waals surface area contributed by atoms with Gasteiger partial charge in [0, 0.05) is 16.5 Å². The summed E-state index contributed by atoms with van der Waals surface area (Å²) in [6, 6.07) is 3.04. The molecule has 15 heavy (non-hydrogen) atoms. The van der Waals surface area contributed by atoms with Crippen molar-refractivity contribution in [1.29, 1.82) is 0 Å². The first-order valence-corrected chi connectivity index (χ1v) is 5.77. The molecule has 2 nitrogen and oxygen atoms in total. The van der Waals surface area contributed by atoms with Crippen LogP contribution in [0, 0.1) is 5.82 Å². The molecule has 0 atom stereocenters. The second kappa shape index (κ2) is 3.27. The van der Waals surface area contributed by atoms with E-state index in [9.17, 15) is 4.39 Å². The number of ether oxygens (including phenoxy) is 2. The molecule has 4 heteroatoms. The van der Waals surface area contributed by atoms with Crippen LogP contribution in [0.4, 0.5) is 4.39 Å². The fourth-order valence-corrected chi connectivity index (χ4v) is 3.19. The Hall–Kier alpha value is -0.450. The molecular formula is C11H10BrFO2. The Balaban J connectivity index is 2.17. The Morgan fingerprint density at radius 3 is 2.73 bits per heavy atom. The van der Waals surface area contributed by atoms with Crippen molar-refractivity contribution in [2.24, 2.45) is 0 Å².